The number of thiocarbonyl (C=S) groups is 2. The van der Waals surface area contributed by atoms with Crippen LogP contribution in [0.2, 0.25) is 0 Å². The summed E-state index contributed by atoms with van der Waals surface area (Å²) in [5, 5.41) is 0. The molecule has 0 heterocycles. The Morgan fingerprint density at radius 2 is 0.933 bits per heavy atom. The Morgan fingerprint density at radius 1 is 0.733 bits per heavy atom. The van der Waals surface area contributed by atoms with Crippen molar-refractivity contribution >= 4 is 83.2 Å². The number of nitrogens with zero attached hydrogens (tertiary/aromatic N) is 2. The number of hydrogen-bond donors (Lipinski definition) is 0. The van der Waals surface area contributed by atoms with Gasteiger partial charge in [-0.25, -0.2) is 0 Å². The van der Waals surface area contributed by atoms with Crippen LogP contribution in [0.1, 0.15) is 0 Å². The molecule has 15 heavy (non-hydrogen) atoms. The first kappa shape index (κ1) is 22.0. The molecule has 0 bridgehead atoms. The summed E-state index contributed by atoms with van der Waals surface area (Å²) in [6.07, 6.45) is 7.82. The summed E-state index contributed by atoms with van der Waals surface area (Å²) in [6, 6.07) is 0. The maximum Gasteiger partial charge on any atom is 2.00 e. The Kier molecular flexibility index (Phi) is 26.7. The van der Waals surface area contributed by atoms with E-state index in [9.17, 15) is 0 Å². The van der Waals surface area contributed by atoms with Crippen molar-refractivity contribution < 1.29 is 19.5 Å². The van der Waals surface area contributed by atoms with Crippen molar-refractivity contribution in [2.75, 3.05) is 25.0 Å². The SMILES string of the molecule is CSN([C-]=S)SC.CSN([C-]=S)SC.[Zn+2]. The van der Waals surface area contributed by atoms with Gasteiger partial charge in [0.05, 0.1) is 0 Å². The first-order valence-corrected chi connectivity index (χ1v) is 8.76. The van der Waals surface area contributed by atoms with Crippen LogP contribution in [-0.4, -0.2) is 43.4 Å². The smallest absolute Gasteiger partial charge is 0.436 e. The first-order chi connectivity index (χ1) is 6.69. The van der Waals surface area contributed by atoms with Crippen LogP contribution in [0.5, 0.6) is 0 Å². The molecule has 0 aromatic heterocycles. The minimum absolute atomic E-state index is 0. The minimum Gasteiger partial charge on any atom is -0.436 e. The van der Waals surface area contributed by atoms with E-state index >= 15 is 0 Å². The molecule has 0 amide bonds. The van der Waals surface area contributed by atoms with Gasteiger partial charge in [0, 0.05) is 0 Å². The van der Waals surface area contributed by atoms with Crippen LogP contribution in [0.25, 0.3) is 0 Å². The molecule has 0 saturated heterocycles. The second-order valence-corrected chi connectivity index (χ2v) is 5.18. The van der Waals surface area contributed by atoms with Crippen LogP contribution in [0.3, 0.4) is 0 Å². The molecule has 0 unspecified atom stereocenters. The molecule has 84 valence electrons. The van der Waals surface area contributed by atoms with E-state index in [4.69, 9.17) is 0 Å². The van der Waals surface area contributed by atoms with Gasteiger partial charge in [0.25, 0.3) is 0 Å². The summed E-state index contributed by atoms with van der Waals surface area (Å²) in [4.78, 5) is 0. The Morgan fingerprint density at radius 3 is 0.933 bits per heavy atom. The fraction of sp³-hybridized carbons (Fsp3) is 0.667. The summed E-state index contributed by atoms with van der Waals surface area (Å²) in [6.45, 7) is 0. The van der Waals surface area contributed by atoms with Crippen molar-refractivity contribution in [1.82, 2.24) is 7.42 Å². The van der Waals surface area contributed by atoms with Crippen LogP contribution in [0.4, 0.5) is 0 Å². The minimum atomic E-state index is 0. The molecule has 2 nitrogen and oxygen atoms in total. The van der Waals surface area contributed by atoms with Crippen LogP contribution in [0, 0.1) is 0 Å². The molecular weight excluding hydrogens is 358 g/mol. The molecule has 0 aliphatic heterocycles. The number of hydrogen-bond acceptors (Lipinski definition) is 6. The molecular formula is C6H12N2S6Zn. The quantitative estimate of drug-likeness (QED) is 0.228. The van der Waals surface area contributed by atoms with Gasteiger partial charge in [-0.3, -0.25) is 11.0 Å². The molecule has 0 atom stereocenters. The van der Waals surface area contributed by atoms with Gasteiger partial charge < -0.3 is 31.9 Å². The molecule has 0 saturated carbocycles. The van der Waals surface area contributed by atoms with E-state index in [1.165, 1.54) is 0 Å². The van der Waals surface area contributed by atoms with Crippen LogP contribution < -0.4 is 0 Å². The average molecular weight is 370 g/mol. The van der Waals surface area contributed by atoms with E-state index in [0.29, 0.717) is 0 Å². The van der Waals surface area contributed by atoms with Gasteiger partial charge in [0.15, 0.2) is 0 Å². The van der Waals surface area contributed by atoms with Gasteiger partial charge in [-0.15, -0.1) is 0 Å². The molecule has 0 aliphatic rings. The zero-order valence-electron chi connectivity index (χ0n) is 9.05. The fourth-order valence-corrected chi connectivity index (χ4v) is 2.68. The summed E-state index contributed by atoms with van der Waals surface area (Å²) in [5.74, 6) is 0. The molecule has 9 heteroatoms. The monoisotopic (exact) mass is 368 g/mol. The molecule has 0 fully saturated rings. The van der Waals surface area contributed by atoms with Crippen LogP contribution in [0.15, 0.2) is 0 Å². The van der Waals surface area contributed by atoms with E-state index in [2.05, 4.69) is 35.4 Å². The third-order valence-corrected chi connectivity index (χ3v) is 5.12. The Hall–Kier alpha value is 1.80. The normalized spacial score (nSPS) is 7.73. The topological polar surface area (TPSA) is 6.48 Å². The third kappa shape index (κ3) is 15.8. The molecule has 0 aliphatic carbocycles. The summed E-state index contributed by atoms with van der Waals surface area (Å²) >= 11 is 15.2. The first-order valence-electron chi connectivity index (χ1n) is 3.22. The Bertz CT molecular complexity index is 126. The maximum absolute atomic E-state index is 4.51. The fourth-order valence-electron chi connectivity index (χ4n) is 0.298. The van der Waals surface area contributed by atoms with Crippen molar-refractivity contribution in [1.29, 1.82) is 0 Å². The summed E-state index contributed by atoms with van der Waals surface area (Å²) < 4.78 is 3.55. The standard InChI is InChI=1S/2C3H6NS3.Zn/c2*1-6-4(3-5)7-2;/h2*1-2H3;/q2*-1;+2. The van der Waals surface area contributed by atoms with E-state index in [-0.39, 0.29) is 19.5 Å². The largest absolute Gasteiger partial charge is 2.00 e. The second kappa shape index (κ2) is 18.2. The Balaban J connectivity index is -0.000000180. The van der Waals surface area contributed by atoms with Crippen molar-refractivity contribution in [2.45, 2.75) is 0 Å². The van der Waals surface area contributed by atoms with E-state index in [0.717, 1.165) is 0 Å². The zero-order chi connectivity index (χ0) is 11.4. The van der Waals surface area contributed by atoms with Gasteiger partial charge in [-0.1, -0.05) is 47.8 Å². The van der Waals surface area contributed by atoms with E-state index < -0.39 is 0 Å². The third-order valence-electron chi connectivity index (χ3n) is 0.812. The van der Waals surface area contributed by atoms with Crippen molar-refractivity contribution in [3.05, 3.63) is 0 Å². The maximum atomic E-state index is 4.51. The van der Waals surface area contributed by atoms with Crippen molar-refractivity contribution in [3.8, 4) is 0 Å². The second-order valence-electron chi connectivity index (χ2n) is 1.43. The predicted octanol–water partition coefficient (Wildman–Crippen LogP) is 3.35. The van der Waals surface area contributed by atoms with Gasteiger partial charge in [0.2, 0.25) is 0 Å². The molecule has 0 rings (SSSR count). The number of rotatable bonds is 6. The molecule has 0 aromatic carbocycles. The van der Waals surface area contributed by atoms with Gasteiger partial charge in [-0.2, -0.15) is 0 Å². The van der Waals surface area contributed by atoms with Gasteiger partial charge in [-0.05, 0) is 25.0 Å². The summed E-state index contributed by atoms with van der Waals surface area (Å²) in [5.41, 5.74) is 5.09. The van der Waals surface area contributed by atoms with Crippen LogP contribution in [-0.2, 0) is 19.5 Å². The van der Waals surface area contributed by atoms with Crippen LogP contribution >= 0.6 is 72.2 Å². The molecule has 0 N–H and O–H groups in total. The van der Waals surface area contributed by atoms with E-state index in [1.54, 1.807) is 55.2 Å². The predicted molar refractivity (Wildman–Crippen MR) is 82.9 cm³/mol. The molecule has 0 aromatic rings. The molecule has 0 spiro atoms. The van der Waals surface area contributed by atoms with Crippen molar-refractivity contribution in [3.63, 3.8) is 0 Å². The van der Waals surface area contributed by atoms with Crippen molar-refractivity contribution in [2.24, 2.45) is 0 Å². The average Bonchev–Trinajstić information content (AvgIpc) is 2.24. The van der Waals surface area contributed by atoms with Gasteiger partial charge in [0.1, 0.15) is 0 Å². The zero-order valence-corrected chi connectivity index (χ0v) is 16.9. The molecule has 0 radical (unpaired) electrons. The Labute approximate surface area is 134 Å². The van der Waals surface area contributed by atoms with Gasteiger partial charge >= 0.3 is 19.5 Å². The van der Waals surface area contributed by atoms with E-state index in [1.807, 2.05) is 25.0 Å². The summed E-state index contributed by atoms with van der Waals surface area (Å²) in [7, 11) is 0.